The molecule has 37 heavy (non-hydrogen) atoms. The van der Waals surface area contributed by atoms with Crippen LogP contribution in [0.3, 0.4) is 0 Å². The van der Waals surface area contributed by atoms with Crippen LogP contribution in [-0.2, 0) is 14.3 Å². The fraction of sp³-hybridized carbons (Fsp3) is 0.241. The SMILES string of the molecule is CCCOC(=O)c1cccc(N2C(=O)C(=O)/C(=C(/O)c3cc(C)c(OC)cc3C)C2c2cccnc2)c1. The van der Waals surface area contributed by atoms with Gasteiger partial charge in [-0.05, 0) is 73.4 Å². The molecule has 1 aliphatic rings. The third-order valence-corrected chi connectivity index (χ3v) is 6.24. The number of benzene rings is 2. The van der Waals surface area contributed by atoms with E-state index in [0.717, 1.165) is 5.56 Å². The molecule has 3 aromatic rings. The van der Waals surface area contributed by atoms with Gasteiger partial charge in [-0.2, -0.15) is 0 Å². The minimum atomic E-state index is -0.961. The summed E-state index contributed by atoms with van der Waals surface area (Å²) in [4.78, 5) is 44.8. The molecule has 8 nitrogen and oxygen atoms in total. The van der Waals surface area contributed by atoms with E-state index in [1.54, 1.807) is 68.9 Å². The van der Waals surface area contributed by atoms with Crippen LogP contribution in [0.5, 0.6) is 5.75 Å². The third kappa shape index (κ3) is 4.82. The molecule has 1 saturated heterocycles. The number of nitrogens with zero attached hydrogens (tertiary/aromatic N) is 2. The molecule has 1 amide bonds. The fourth-order valence-electron chi connectivity index (χ4n) is 4.42. The molecule has 0 bridgehead atoms. The summed E-state index contributed by atoms with van der Waals surface area (Å²) in [5, 5.41) is 11.5. The Hall–Kier alpha value is -4.46. The van der Waals surface area contributed by atoms with Crippen molar-refractivity contribution in [2.24, 2.45) is 0 Å². The average Bonchev–Trinajstić information content (AvgIpc) is 3.18. The van der Waals surface area contributed by atoms with Crippen molar-refractivity contribution in [2.45, 2.75) is 33.2 Å². The van der Waals surface area contributed by atoms with Crippen LogP contribution in [0.25, 0.3) is 5.76 Å². The van der Waals surface area contributed by atoms with Gasteiger partial charge in [-0.3, -0.25) is 19.5 Å². The second-order valence-electron chi connectivity index (χ2n) is 8.78. The zero-order valence-electron chi connectivity index (χ0n) is 21.1. The number of methoxy groups -OCH3 is 1. The van der Waals surface area contributed by atoms with E-state index in [9.17, 15) is 19.5 Å². The van der Waals surface area contributed by atoms with Crippen LogP contribution in [0.4, 0.5) is 5.69 Å². The van der Waals surface area contributed by atoms with Crippen LogP contribution in [0.1, 0.15) is 52.0 Å². The second kappa shape index (κ2) is 10.7. The second-order valence-corrected chi connectivity index (χ2v) is 8.78. The maximum atomic E-state index is 13.4. The van der Waals surface area contributed by atoms with Crippen molar-refractivity contribution in [1.82, 2.24) is 4.98 Å². The summed E-state index contributed by atoms with van der Waals surface area (Å²) >= 11 is 0. The predicted molar refractivity (Wildman–Crippen MR) is 139 cm³/mol. The summed E-state index contributed by atoms with van der Waals surface area (Å²) in [5.41, 5.74) is 2.90. The van der Waals surface area contributed by atoms with Crippen LogP contribution in [-0.4, -0.2) is 41.5 Å². The number of rotatable bonds is 7. The van der Waals surface area contributed by atoms with Gasteiger partial charge in [-0.15, -0.1) is 0 Å². The van der Waals surface area contributed by atoms with Crippen molar-refractivity contribution in [1.29, 1.82) is 0 Å². The molecule has 0 aliphatic carbocycles. The lowest BCUT2D eigenvalue weighted by atomic mass is 9.93. The first-order valence-electron chi connectivity index (χ1n) is 11.9. The zero-order chi connectivity index (χ0) is 26.7. The van der Waals surface area contributed by atoms with E-state index >= 15 is 0 Å². The number of ketones is 1. The number of anilines is 1. The largest absolute Gasteiger partial charge is 0.507 e. The number of aliphatic hydroxyl groups excluding tert-OH is 1. The number of esters is 1. The average molecular weight is 501 g/mol. The van der Waals surface area contributed by atoms with Crippen molar-refractivity contribution < 1.29 is 29.0 Å². The molecule has 0 saturated carbocycles. The molecule has 2 heterocycles. The number of carbonyl (C=O) groups is 3. The van der Waals surface area contributed by atoms with Gasteiger partial charge >= 0.3 is 5.97 Å². The lowest BCUT2D eigenvalue weighted by Crippen LogP contribution is -2.29. The number of ether oxygens (including phenoxy) is 2. The lowest BCUT2D eigenvalue weighted by molar-refractivity contribution is -0.132. The van der Waals surface area contributed by atoms with E-state index in [-0.39, 0.29) is 23.5 Å². The highest BCUT2D eigenvalue weighted by Crippen LogP contribution is 2.43. The molecule has 1 N–H and O–H groups in total. The maximum Gasteiger partial charge on any atom is 0.338 e. The number of pyridine rings is 1. The summed E-state index contributed by atoms with van der Waals surface area (Å²) < 4.78 is 10.6. The monoisotopic (exact) mass is 500 g/mol. The quantitative estimate of drug-likeness (QED) is 0.213. The summed E-state index contributed by atoms with van der Waals surface area (Å²) in [5.74, 6) is -1.83. The lowest BCUT2D eigenvalue weighted by Gasteiger charge is -2.25. The van der Waals surface area contributed by atoms with Gasteiger partial charge in [0.05, 0.1) is 30.9 Å². The van der Waals surface area contributed by atoms with E-state index in [2.05, 4.69) is 4.98 Å². The van der Waals surface area contributed by atoms with E-state index in [1.165, 1.54) is 11.0 Å². The number of carbonyl (C=O) groups excluding carboxylic acids is 3. The molecular weight excluding hydrogens is 472 g/mol. The first kappa shape index (κ1) is 25.6. The highest BCUT2D eigenvalue weighted by atomic mass is 16.5. The summed E-state index contributed by atoms with van der Waals surface area (Å²) in [6, 6.07) is 12.3. The Labute approximate surface area is 215 Å². The zero-order valence-corrected chi connectivity index (χ0v) is 21.1. The topological polar surface area (TPSA) is 106 Å². The van der Waals surface area contributed by atoms with Crippen LogP contribution >= 0.6 is 0 Å². The predicted octanol–water partition coefficient (Wildman–Crippen LogP) is 4.90. The molecule has 1 aliphatic heterocycles. The summed E-state index contributed by atoms with van der Waals surface area (Å²) in [6.07, 6.45) is 3.80. The van der Waals surface area contributed by atoms with Gasteiger partial charge in [0, 0.05) is 23.6 Å². The number of aliphatic hydroxyl groups is 1. The highest BCUT2D eigenvalue weighted by Gasteiger charge is 2.47. The number of aryl methyl sites for hydroxylation is 2. The van der Waals surface area contributed by atoms with Crippen LogP contribution in [0.2, 0.25) is 0 Å². The molecule has 4 rings (SSSR count). The van der Waals surface area contributed by atoms with Crippen molar-refractivity contribution in [3.8, 4) is 5.75 Å². The first-order chi connectivity index (χ1) is 17.8. The molecule has 1 atom stereocenters. The Morgan fingerprint density at radius 2 is 1.86 bits per heavy atom. The van der Waals surface area contributed by atoms with E-state index in [4.69, 9.17) is 9.47 Å². The minimum absolute atomic E-state index is 0.0652. The Morgan fingerprint density at radius 1 is 1.08 bits per heavy atom. The summed E-state index contributed by atoms with van der Waals surface area (Å²) in [6.45, 7) is 5.78. The van der Waals surface area contributed by atoms with E-state index in [0.29, 0.717) is 34.5 Å². The molecular formula is C29H28N2O6. The maximum absolute atomic E-state index is 13.4. The number of aromatic nitrogens is 1. The van der Waals surface area contributed by atoms with Gasteiger partial charge in [-0.25, -0.2) is 4.79 Å². The number of hydrogen-bond donors (Lipinski definition) is 1. The minimum Gasteiger partial charge on any atom is -0.507 e. The molecule has 8 heteroatoms. The standard InChI is InChI=1S/C29H28N2O6/c1-5-12-37-29(35)19-8-6-10-21(15-19)31-25(20-9-7-11-30-16-20)24(27(33)28(31)34)26(32)22-13-18(3)23(36-4)14-17(22)2/h6-11,13-16,25,32H,5,12H2,1-4H3/b26-24+. The van der Waals surface area contributed by atoms with Gasteiger partial charge in [0.1, 0.15) is 11.5 Å². The number of Topliss-reactive ketones (excluding diaryl/α,β-unsaturated/α-hetero) is 1. The van der Waals surface area contributed by atoms with Gasteiger partial charge in [0.25, 0.3) is 11.7 Å². The van der Waals surface area contributed by atoms with Gasteiger partial charge in [-0.1, -0.05) is 19.1 Å². The number of amides is 1. The van der Waals surface area contributed by atoms with Crippen molar-refractivity contribution in [3.63, 3.8) is 0 Å². The van der Waals surface area contributed by atoms with Gasteiger partial charge in [0.2, 0.25) is 0 Å². The molecule has 0 spiro atoms. The Kier molecular flexibility index (Phi) is 7.38. The van der Waals surface area contributed by atoms with E-state index < -0.39 is 23.7 Å². The van der Waals surface area contributed by atoms with Crippen molar-refractivity contribution in [3.05, 3.63) is 94.3 Å². The summed E-state index contributed by atoms with van der Waals surface area (Å²) in [7, 11) is 1.56. The van der Waals surface area contributed by atoms with E-state index in [1.807, 2.05) is 13.8 Å². The van der Waals surface area contributed by atoms with Crippen LogP contribution < -0.4 is 9.64 Å². The molecule has 0 radical (unpaired) electrons. The first-order valence-corrected chi connectivity index (χ1v) is 11.9. The molecule has 1 unspecified atom stereocenters. The van der Waals surface area contributed by atoms with Gasteiger partial charge in [0.15, 0.2) is 0 Å². The smallest absolute Gasteiger partial charge is 0.338 e. The highest BCUT2D eigenvalue weighted by molar-refractivity contribution is 6.51. The number of hydrogen-bond acceptors (Lipinski definition) is 7. The van der Waals surface area contributed by atoms with Crippen LogP contribution in [0, 0.1) is 13.8 Å². The van der Waals surface area contributed by atoms with Crippen molar-refractivity contribution >= 4 is 29.1 Å². The van der Waals surface area contributed by atoms with Crippen LogP contribution in [0.15, 0.2) is 66.5 Å². The van der Waals surface area contributed by atoms with Crippen molar-refractivity contribution in [2.75, 3.05) is 18.6 Å². The normalized spacial score (nSPS) is 16.6. The fourth-order valence-corrected chi connectivity index (χ4v) is 4.42. The Bertz CT molecular complexity index is 1400. The Balaban J connectivity index is 1.89. The van der Waals surface area contributed by atoms with Gasteiger partial charge < -0.3 is 14.6 Å². The molecule has 2 aromatic carbocycles. The molecule has 1 aromatic heterocycles. The Morgan fingerprint density at radius 3 is 2.54 bits per heavy atom. The molecule has 190 valence electrons. The third-order valence-electron chi connectivity index (χ3n) is 6.24. The molecule has 1 fully saturated rings.